The van der Waals surface area contributed by atoms with Crippen LogP contribution in [-0.4, -0.2) is 47.6 Å². The second kappa shape index (κ2) is 5.57. The monoisotopic (exact) mass is 332 g/mol. The van der Waals surface area contributed by atoms with Crippen molar-refractivity contribution in [3.8, 4) is 0 Å². The summed E-state index contributed by atoms with van der Waals surface area (Å²) in [4.78, 5) is 23.8. The molecule has 3 bridgehead atoms. The molecule has 24 heavy (non-hydrogen) atoms. The van der Waals surface area contributed by atoms with Gasteiger partial charge in [-0.1, -0.05) is 26.0 Å². The summed E-state index contributed by atoms with van der Waals surface area (Å²) in [7, 11) is 0. The van der Waals surface area contributed by atoms with E-state index < -0.39 is 18.0 Å². The Bertz CT molecular complexity index is 686. The van der Waals surface area contributed by atoms with E-state index in [1.807, 2.05) is 0 Å². The lowest BCUT2D eigenvalue weighted by Gasteiger charge is -2.43. The summed E-state index contributed by atoms with van der Waals surface area (Å²) in [6.07, 6.45) is 0.135. The summed E-state index contributed by atoms with van der Waals surface area (Å²) < 4.78 is 17.8. The van der Waals surface area contributed by atoms with Gasteiger partial charge in [-0.3, -0.25) is 0 Å². The van der Waals surface area contributed by atoms with Crippen LogP contribution >= 0.6 is 0 Å². The van der Waals surface area contributed by atoms with Crippen molar-refractivity contribution in [3.63, 3.8) is 0 Å². The number of carbonyl (C=O) groups excluding carboxylic acids is 1. The number of ether oxygens (including phenoxy) is 3. The van der Waals surface area contributed by atoms with Crippen LogP contribution in [0.15, 0.2) is 24.3 Å². The molecule has 0 aliphatic carbocycles. The normalized spacial score (nSPS) is 39.7. The third-order valence-corrected chi connectivity index (χ3v) is 5.55. The minimum atomic E-state index is -1.15. The Morgan fingerprint density at radius 3 is 2.42 bits per heavy atom. The van der Waals surface area contributed by atoms with E-state index in [9.17, 15) is 14.7 Å². The molecular weight excluding hydrogens is 312 g/mol. The largest absolute Gasteiger partial charge is 0.478 e. The first kappa shape index (κ1) is 15.6. The maximum atomic E-state index is 12.5. The van der Waals surface area contributed by atoms with Crippen LogP contribution in [0, 0.1) is 11.8 Å². The topological polar surface area (TPSA) is 82.1 Å². The average Bonchev–Trinajstić information content (AvgIpc) is 2.73. The molecule has 3 heterocycles. The van der Waals surface area contributed by atoms with Gasteiger partial charge in [-0.05, 0) is 12.1 Å². The SMILES string of the molecule is CC1[C@H]2O[C@H]3C(C)[C@H]1OC2C[C@H]3OC(=O)c1ccccc1C(=O)O. The number of rotatable bonds is 3. The van der Waals surface area contributed by atoms with E-state index in [0.717, 1.165) is 0 Å². The van der Waals surface area contributed by atoms with Crippen molar-refractivity contribution in [1.29, 1.82) is 0 Å². The lowest BCUT2D eigenvalue weighted by Crippen LogP contribution is -2.55. The zero-order valence-corrected chi connectivity index (χ0v) is 13.5. The Balaban J connectivity index is 1.55. The summed E-state index contributed by atoms with van der Waals surface area (Å²) in [5, 5.41) is 9.23. The molecule has 1 aromatic rings. The fraction of sp³-hybridized carbons (Fsp3) is 0.556. The van der Waals surface area contributed by atoms with Gasteiger partial charge >= 0.3 is 11.9 Å². The molecule has 1 N–H and O–H groups in total. The van der Waals surface area contributed by atoms with E-state index in [1.54, 1.807) is 12.1 Å². The number of carbonyl (C=O) groups is 2. The summed E-state index contributed by atoms with van der Waals surface area (Å²) in [6, 6.07) is 6.08. The molecule has 3 fully saturated rings. The lowest BCUT2D eigenvalue weighted by molar-refractivity contribution is -0.171. The Hall–Kier alpha value is -1.92. The number of aromatic carboxylic acids is 1. The summed E-state index contributed by atoms with van der Waals surface area (Å²) in [5.41, 5.74) is 0.0141. The highest BCUT2D eigenvalue weighted by atomic mass is 16.6. The standard InChI is InChI=1S/C18H20O6/c1-8-14-9(2)16-13(7-12(22-14)15(8)24-16)23-18(21)11-6-4-3-5-10(11)17(19)20/h3-6,8-9,12-16H,7H2,1-2H3,(H,19,20)/t8?,9?,12?,13-,14+,15-,16+/m1/s1. The van der Waals surface area contributed by atoms with Crippen LogP contribution in [-0.2, 0) is 14.2 Å². The molecule has 0 spiro atoms. The fourth-order valence-electron chi connectivity index (χ4n) is 4.38. The molecule has 0 aromatic heterocycles. The van der Waals surface area contributed by atoms with Crippen molar-refractivity contribution >= 4 is 11.9 Å². The number of esters is 1. The Labute approximate surface area is 139 Å². The molecule has 4 rings (SSSR count). The first-order valence-corrected chi connectivity index (χ1v) is 8.31. The number of hydrogen-bond acceptors (Lipinski definition) is 5. The van der Waals surface area contributed by atoms with Crippen LogP contribution in [0.1, 0.15) is 41.0 Å². The second-order valence-electron chi connectivity index (χ2n) is 6.95. The van der Waals surface area contributed by atoms with Crippen molar-refractivity contribution < 1.29 is 28.9 Å². The number of carboxylic acid groups (broad SMARTS) is 1. The zero-order chi connectivity index (χ0) is 17.0. The van der Waals surface area contributed by atoms with E-state index in [-0.39, 0.29) is 41.5 Å². The number of carboxylic acids is 1. The third kappa shape index (κ3) is 2.24. The van der Waals surface area contributed by atoms with Crippen LogP contribution < -0.4 is 0 Å². The predicted octanol–water partition coefficient (Wildman–Crippen LogP) is 2.12. The molecule has 6 nitrogen and oxygen atoms in total. The van der Waals surface area contributed by atoms with Gasteiger partial charge in [0.05, 0.1) is 29.4 Å². The van der Waals surface area contributed by atoms with Gasteiger partial charge < -0.3 is 19.3 Å². The van der Waals surface area contributed by atoms with Crippen LogP contribution in [0.2, 0.25) is 0 Å². The molecule has 0 amide bonds. The highest BCUT2D eigenvalue weighted by Gasteiger charge is 2.59. The first-order chi connectivity index (χ1) is 11.5. The minimum absolute atomic E-state index is 0.0528. The van der Waals surface area contributed by atoms with Gasteiger partial charge in [-0.25, -0.2) is 9.59 Å². The Morgan fingerprint density at radius 1 is 1.04 bits per heavy atom. The van der Waals surface area contributed by atoms with Gasteiger partial charge in [0.2, 0.25) is 0 Å². The smallest absolute Gasteiger partial charge is 0.339 e. The van der Waals surface area contributed by atoms with Crippen LogP contribution in [0.5, 0.6) is 0 Å². The van der Waals surface area contributed by atoms with E-state index in [0.29, 0.717) is 12.3 Å². The van der Waals surface area contributed by atoms with Crippen LogP contribution in [0.3, 0.4) is 0 Å². The van der Waals surface area contributed by atoms with E-state index in [2.05, 4.69) is 13.8 Å². The Kier molecular flexibility index (Phi) is 3.62. The molecule has 3 saturated heterocycles. The highest BCUT2D eigenvalue weighted by molar-refractivity contribution is 6.02. The molecule has 3 unspecified atom stereocenters. The predicted molar refractivity (Wildman–Crippen MR) is 82.9 cm³/mol. The van der Waals surface area contributed by atoms with E-state index in [4.69, 9.17) is 14.2 Å². The van der Waals surface area contributed by atoms with Gasteiger partial charge in [0.1, 0.15) is 12.2 Å². The van der Waals surface area contributed by atoms with Gasteiger partial charge in [0, 0.05) is 18.3 Å². The third-order valence-electron chi connectivity index (χ3n) is 5.55. The maximum Gasteiger partial charge on any atom is 0.339 e. The van der Waals surface area contributed by atoms with Crippen molar-refractivity contribution in [1.82, 2.24) is 0 Å². The van der Waals surface area contributed by atoms with Crippen molar-refractivity contribution in [2.75, 3.05) is 0 Å². The number of hydrogen-bond donors (Lipinski definition) is 1. The molecular formula is C18H20O6. The summed E-state index contributed by atoms with van der Waals surface area (Å²) in [5.74, 6) is -1.28. The summed E-state index contributed by atoms with van der Waals surface area (Å²) in [6.45, 7) is 4.19. The van der Waals surface area contributed by atoms with E-state index >= 15 is 0 Å². The molecule has 6 heteroatoms. The fourth-order valence-corrected chi connectivity index (χ4v) is 4.38. The Morgan fingerprint density at radius 2 is 1.71 bits per heavy atom. The average molecular weight is 332 g/mol. The number of benzene rings is 1. The van der Waals surface area contributed by atoms with Crippen molar-refractivity contribution in [2.45, 2.75) is 50.8 Å². The van der Waals surface area contributed by atoms with Crippen LogP contribution in [0.25, 0.3) is 0 Å². The van der Waals surface area contributed by atoms with Crippen LogP contribution in [0.4, 0.5) is 0 Å². The van der Waals surface area contributed by atoms with Crippen molar-refractivity contribution in [2.24, 2.45) is 11.8 Å². The quantitative estimate of drug-likeness (QED) is 0.854. The van der Waals surface area contributed by atoms with Gasteiger partial charge in [0.25, 0.3) is 0 Å². The zero-order valence-electron chi connectivity index (χ0n) is 13.5. The highest BCUT2D eigenvalue weighted by Crippen LogP contribution is 2.48. The molecule has 0 saturated carbocycles. The second-order valence-corrected chi connectivity index (χ2v) is 6.95. The van der Waals surface area contributed by atoms with Gasteiger partial charge in [0.15, 0.2) is 0 Å². The molecule has 0 radical (unpaired) electrons. The first-order valence-electron chi connectivity index (χ1n) is 8.31. The minimum Gasteiger partial charge on any atom is -0.478 e. The number of fused-ring (bicyclic) bond motifs is 2. The summed E-state index contributed by atoms with van der Waals surface area (Å²) >= 11 is 0. The lowest BCUT2D eigenvalue weighted by atomic mass is 9.77. The molecule has 128 valence electrons. The molecule has 3 aliphatic heterocycles. The molecule has 1 aromatic carbocycles. The van der Waals surface area contributed by atoms with Crippen molar-refractivity contribution in [3.05, 3.63) is 35.4 Å². The van der Waals surface area contributed by atoms with Gasteiger partial charge in [-0.15, -0.1) is 0 Å². The van der Waals surface area contributed by atoms with E-state index in [1.165, 1.54) is 12.1 Å². The molecule has 3 aliphatic rings. The molecule has 7 atom stereocenters. The van der Waals surface area contributed by atoms with Gasteiger partial charge in [-0.2, -0.15) is 0 Å². The maximum absolute atomic E-state index is 12.5.